The van der Waals surface area contributed by atoms with Crippen molar-refractivity contribution in [2.75, 3.05) is 0 Å². The molecule has 18 heavy (non-hydrogen) atoms. The number of unbranched alkanes of at least 4 members (excludes halogenated alkanes) is 4. The molecule has 0 aliphatic heterocycles. The van der Waals surface area contributed by atoms with E-state index < -0.39 is 0 Å². The van der Waals surface area contributed by atoms with Gasteiger partial charge in [-0.15, -0.1) is 5.10 Å². The summed E-state index contributed by atoms with van der Waals surface area (Å²) in [5.74, 6) is 0.248. The summed E-state index contributed by atoms with van der Waals surface area (Å²) in [5, 5.41) is 8.24. The molecule has 4 nitrogen and oxygen atoms in total. The second-order valence-electron chi connectivity index (χ2n) is 4.94. The Morgan fingerprint density at radius 3 is 2.72 bits per heavy atom. The zero-order valence-electron chi connectivity index (χ0n) is 11.7. The number of Topliss-reactive ketones (excluding diaryl/α,β-unsaturated/α-hetero) is 1. The van der Waals surface area contributed by atoms with Crippen LogP contribution in [0, 0.1) is 0 Å². The maximum atomic E-state index is 10.8. The molecule has 1 aromatic heterocycles. The molecule has 1 heterocycles. The highest BCUT2D eigenvalue weighted by atomic mass is 16.1. The predicted molar refractivity (Wildman–Crippen MR) is 72.4 cm³/mol. The highest BCUT2D eigenvalue weighted by molar-refractivity contribution is 5.75. The van der Waals surface area contributed by atoms with Crippen molar-refractivity contribution in [1.29, 1.82) is 0 Å². The lowest BCUT2D eigenvalue weighted by Crippen LogP contribution is -1.98. The molecule has 0 aliphatic rings. The van der Waals surface area contributed by atoms with Crippen LogP contribution in [0.3, 0.4) is 0 Å². The summed E-state index contributed by atoms with van der Waals surface area (Å²) in [6, 6.07) is 0. The molecule has 0 atom stereocenters. The Hall–Kier alpha value is -1.19. The molecular weight excluding hydrogens is 226 g/mol. The largest absolute Gasteiger partial charge is 0.300 e. The summed E-state index contributed by atoms with van der Waals surface area (Å²) in [6.45, 7) is 4.82. The molecule has 1 rings (SSSR count). The van der Waals surface area contributed by atoms with E-state index in [1.165, 1.54) is 32.1 Å². The Labute approximate surface area is 110 Å². The molecule has 0 spiro atoms. The predicted octanol–water partition coefficient (Wildman–Crippen LogP) is 3.16. The van der Waals surface area contributed by atoms with Crippen molar-refractivity contribution in [2.24, 2.45) is 0 Å². The van der Waals surface area contributed by atoms with Gasteiger partial charge < -0.3 is 4.79 Å². The third-order valence-electron chi connectivity index (χ3n) is 3.04. The van der Waals surface area contributed by atoms with Crippen LogP contribution < -0.4 is 0 Å². The molecule has 0 radical (unpaired) electrons. The first-order valence-corrected chi connectivity index (χ1v) is 7.11. The van der Waals surface area contributed by atoms with Gasteiger partial charge in [-0.2, -0.15) is 0 Å². The zero-order chi connectivity index (χ0) is 13.2. The molecule has 102 valence electrons. The summed E-state index contributed by atoms with van der Waals surface area (Å²) in [4.78, 5) is 10.8. The van der Waals surface area contributed by atoms with E-state index in [1.807, 2.05) is 10.9 Å². The molecule has 0 saturated heterocycles. The fourth-order valence-electron chi connectivity index (χ4n) is 1.96. The monoisotopic (exact) mass is 251 g/mol. The standard InChI is InChI=1S/C14H25N3O/c1-3-4-5-6-7-11-17-12-14(15-16-17)10-8-9-13(2)18/h12H,3-11H2,1-2H3. The van der Waals surface area contributed by atoms with Crippen LogP contribution in [0.15, 0.2) is 6.20 Å². The number of hydrogen-bond donors (Lipinski definition) is 0. The maximum Gasteiger partial charge on any atom is 0.129 e. The van der Waals surface area contributed by atoms with Crippen LogP contribution in [-0.2, 0) is 17.8 Å². The van der Waals surface area contributed by atoms with E-state index in [9.17, 15) is 4.79 Å². The van der Waals surface area contributed by atoms with Gasteiger partial charge >= 0.3 is 0 Å². The van der Waals surface area contributed by atoms with E-state index in [2.05, 4.69) is 17.2 Å². The zero-order valence-corrected chi connectivity index (χ0v) is 11.7. The van der Waals surface area contributed by atoms with Crippen LogP contribution >= 0.6 is 0 Å². The number of rotatable bonds is 10. The van der Waals surface area contributed by atoms with E-state index in [1.54, 1.807) is 6.92 Å². The Kier molecular flexibility index (Phi) is 7.30. The summed E-state index contributed by atoms with van der Waals surface area (Å²) >= 11 is 0. The molecule has 0 fully saturated rings. The van der Waals surface area contributed by atoms with Gasteiger partial charge in [0, 0.05) is 19.2 Å². The molecule has 0 amide bonds. The van der Waals surface area contributed by atoms with Crippen molar-refractivity contribution >= 4 is 5.78 Å². The average molecular weight is 251 g/mol. The molecular formula is C14H25N3O. The number of ketones is 1. The number of carbonyl (C=O) groups excluding carboxylic acids is 1. The molecule has 0 unspecified atom stereocenters. The van der Waals surface area contributed by atoms with Gasteiger partial charge in [0.15, 0.2) is 0 Å². The summed E-state index contributed by atoms with van der Waals surface area (Å²) in [7, 11) is 0. The summed E-state index contributed by atoms with van der Waals surface area (Å²) < 4.78 is 1.93. The van der Waals surface area contributed by atoms with Crippen molar-refractivity contribution in [1.82, 2.24) is 15.0 Å². The van der Waals surface area contributed by atoms with Crippen LogP contribution in [0.5, 0.6) is 0 Å². The van der Waals surface area contributed by atoms with Gasteiger partial charge in [-0.05, 0) is 26.2 Å². The Morgan fingerprint density at radius 2 is 2.00 bits per heavy atom. The average Bonchev–Trinajstić information content (AvgIpc) is 2.76. The molecule has 4 heteroatoms. The first-order valence-electron chi connectivity index (χ1n) is 7.11. The second kappa shape index (κ2) is 8.84. The Balaban J connectivity index is 2.15. The van der Waals surface area contributed by atoms with E-state index in [0.29, 0.717) is 6.42 Å². The third-order valence-corrected chi connectivity index (χ3v) is 3.04. The van der Waals surface area contributed by atoms with Gasteiger partial charge in [0.05, 0.1) is 5.69 Å². The third kappa shape index (κ3) is 6.52. The highest BCUT2D eigenvalue weighted by Crippen LogP contribution is 2.05. The lowest BCUT2D eigenvalue weighted by Gasteiger charge is -1.99. The molecule has 0 aromatic carbocycles. The SMILES string of the molecule is CCCCCCCn1cc(CCCC(C)=O)nn1. The second-order valence-corrected chi connectivity index (χ2v) is 4.94. The van der Waals surface area contributed by atoms with E-state index in [4.69, 9.17) is 0 Å². The Bertz CT molecular complexity index is 347. The summed E-state index contributed by atoms with van der Waals surface area (Å²) in [6.07, 6.45) is 10.8. The number of nitrogens with zero attached hydrogens (tertiary/aromatic N) is 3. The minimum Gasteiger partial charge on any atom is -0.300 e. The van der Waals surface area contributed by atoms with Gasteiger partial charge in [-0.25, -0.2) is 0 Å². The number of aryl methyl sites for hydroxylation is 2. The fourth-order valence-corrected chi connectivity index (χ4v) is 1.96. The van der Waals surface area contributed by atoms with Crippen molar-refractivity contribution in [2.45, 2.75) is 71.8 Å². The smallest absolute Gasteiger partial charge is 0.129 e. The van der Waals surface area contributed by atoms with Crippen molar-refractivity contribution in [3.63, 3.8) is 0 Å². The quantitative estimate of drug-likeness (QED) is 0.600. The first kappa shape index (κ1) is 14.9. The number of hydrogen-bond acceptors (Lipinski definition) is 3. The van der Waals surface area contributed by atoms with Gasteiger partial charge in [0.25, 0.3) is 0 Å². The molecule has 0 saturated carbocycles. The Morgan fingerprint density at radius 1 is 1.22 bits per heavy atom. The number of carbonyl (C=O) groups is 1. The van der Waals surface area contributed by atoms with Crippen LogP contribution in [-0.4, -0.2) is 20.8 Å². The molecule has 0 aliphatic carbocycles. The fraction of sp³-hybridized carbons (Fsp3) is 0.786. The summed E-state index contributed by atoms with van der Waals surface area (Å²) in [5.41, 5.74) is 1.00. The van der Waals surface area contributed by atoms with E-state index in [-0.39, 0.29) is 5.78 Å². The minimum absolute atomic E-state index is 0.248. The minimum atomic E-state index is 0.248. The van der Waals surface area contributed by atoms with Crippen molar-refractivity contribution in [3.05, 3.63) is 11.9 Å². The maximum absolute atomic E-state index is 10.8. The molecule has 1 aromatic rings. The van der Waals surface area contributed by atoms with Crippen LogP contribution in [0.4, 0.5) is 0 Å². The van der Waals surface area contributed by atoms with Gasteiger partial charge in [-0.3, -0.25) is 4.68 Å². The van der Waals surface area contributed by atoms with Crippen LogP contribution in [0.1, 0.15) is 64.5 Å². The van der Waals surface area contributed by atoms with Crippen molar-refractivity contribution in [3.8, 4) is 0 Å². The van der Waals surface area contributed by atoms with Crippen molar-refractivity contribution < 1.29 is 4.79 Å². The normalized spacial score (nSPS) is 10.8. The van der Waals surface area contributed by atoms with Crippen LogP contribution in [0.25, 0.3) is 0 Å². The topological polar surface area (TPSA) is 47.8 Å². The van der Waals surface area contributed by atoms with E-state index >= 15 is 0 Å². The molecule has 0 bridgehead atoms. The van der Waals surface area contributed by atoms with Crippen LogP contribution in [0.2, 0.25) is 0 Å². The highest BCUT2D eigenvalue weighted by Gasteiger charge is 2.01. The van der Waals surface area contributed by atoms with Gasteiger partial charge in [-0.1, -0.05) is 37.8 Å². The lowest BCUT2D eigenvalue weighted by molar-refractivity contribution is -0.117. The first-order chi connectivity index (χ1) is 8.72. The molecule has 0 N–H and O–H groups in total. The lowest BCUT2D eigenvalue weighted by atomic mass is 10.1. The van der Waals surface area contributed by atoms with Gasteiger partial charge in [0.1, 0.15) is 5.78 Å². The van der Waals surface area contributed by atoms with Gasteiger partial charge in [0.2, 0.25) is 0 Å². The number of aromatic nitrogens is 3. The van der Waals surface area contributed by atoms with E-state index in [0.717, 1.165) is 25.1 Å².